The normalized spacial score (nSPS) is 21.0. The molecule has 1 aliphatic rings. The fraction of sp³-hybridized carbons (Fsp3) is 0.250. The van der Waals surface area contributed by atoms with Gasteiger partial charge in [-0.3, -0.25) is 0 Å². The average molecular weight is 359 g/mol. The molecule has 1 aliphatic heterocycles. The Morgan fingerprint density at radius 2 is 1.56 bits per heavy atom. The molecule has 2 N–H and O–H groups in total. The highest BCUT2D eigenvalue weighted by atomic mass is 16.5. The lowest BCUT2D eigenvalue weighted by molar-refractivity contribution is -0.0416. The van der Waals surface area contributed by atoms with Gasteiger partial charge in [0.1, 0.15) is 5.60 Å². The van der Waals surface area contributed by atoms with Gasteiger partial charge in [0.25, 0.3) is 0 Å². The van der Waals surface area contributed by atoms with Crippen LogP contribution in [0.4, 0.5) is 0 Å². The molecular formula is C24H25NO2. The first-order valence-corrected chi connectivity index (χ1v) is 9.49. The zero-order chi connectivity index (χ0) is 18.7. The highest BCUT2D eigenvalue weighted by molar-refractivity contribution is 5.70. The van der Waals surface area contributed by atoms with Crippen LogP contribution in [0.2, 0.25) is 0 Å². The first-order chi connectivity index (χ1) is 13.2. The van der Waals surface area contributed by atoms with Crippen LogP contribution >= 0.6 is 0 Å². The first kappa shape index (κ1) is 17.9. The van der Waals surface area contributed by atoms with Crippen molar-refractivity contribution in [1.29, 1.82) is 0 Å². The van der Waals surface area contributed by atoms with Gasteiger partial charge in [-0.05, 0) is 34.7 Å². The lowest BCUT2D eigenvalue weighted by Gasteiger charge is -2.41. The van der Waals surface area contributed by atoms with Crippen molar-refractivity contribution in [3.8, 4) is 11.1 Å². The SMILES string of the molecule is CC(O)c1ccccc1C1(c2ccccc2-c2ccccc2)CNCCO1. The van der Waals surface area contributed by atoms with Crippen LogP contribution in [-0.4, -0.2) is 24.8 Å². The standard InChI is InChI=1S/C24H25NO2/c1-18(26)20-11-5-7-13-22(20)24(17-25-15-16-27-24)23-14-8-6-12-21(23)19-9-3-2-4-10-19/h2-14,18,25-26H,15-17H2,1H3. The molecule has 0 amide bonds. The molecule has 2 unspecified atom stereocenters. The Hall–Kier alpha value is -2.46. The maximum absolute atomic E-state index is 10.4. The molecule has 3 aromatic carbocycles. The van der Waals surface area contributed by atoms with Crippen molar-refractivity contribution in [2.24, 2.45) is 0 Å². The van der Waals surface area contributed by atoms with Crippen LogP contribution in [0.5, 0.6) is 0 Å². The number of aliphatic hydroxyl groups excluding tert-OH is 1. The number of benzene rings is 3. The summed E-state index contributed by atoms with van der Waals surface area (Å²) >= 11 is 0. The van der Waals surface area contributed by atoms with Crippen molar-refractivity contribution in [2.75, 3.05) is 19.7 Å². The van der Waals surface area contributed by atoms with Crippen molar-refractivity contribution < 1.29 is 9.84 Å². The summed E-state index contributed by atoms with van der Waals surface area (Å²) in [5.74, 6) is 0. The second-order valence-electron chi connectivity index (χ2n) is 7.03. The Morgan fingerprint density at radius 3 is 2.26 bits per heavy atom. The van der Waals surface area contributed by atoms with Gasteiger partial charge in [0.15, 0.2) is 0 Å². The van der Waals surface area contributed by atoms with Crippen LogP contribution in [0.15, 0.2) is 78.9 Å². The molecule has 27 heavy (non-hydrogen) atoms. The lowest BCUT2D eigenvalue weighted by Crippen LogP contribution is -2.49. The predicted octanol–water partition coefficient (Wildman–Crippen LogP) is 4.27. The van der Waals surface area contributed by atoms with Gasteiger partial charge in [-0.25, -0.2) is 0 Å². The van der Waals surface area contributed by atoms with Crippen LogP contribution in [0.1, 0.15) is 29.7 Å². The maximum Gasteiger partial charge on any atom is 0.131 e. The number of hydrogen-bond donors (Lipinski definition) is 2. The number of nitrogens with one attached hydrogen (secondary N) is 1. The maximum atomic E-state index is 10.4. The Kier molecular flexibility index (Phi) is 5.08. The molecular weight excluding hydrogens is 334 g/mol. The van der Waals surface area contributed by atoms with E-state index in [1.54, 1.807) is 0 Å². The second kappa shape index (κ2) is 7.65. The topological polar surface area (TPSA) is 41.5 Å². The Labute approximate surface area is 160 Å². The third-order valence-corrected chi connectivity index (χ3v) is 5.29. The first-order valence-electron chi connectivity index (χ1n) is 9.49. The molecule has 0 saturated carbocycles. The highest BCUT2D eigenvalue weighted by Crippen LogP contribution is 2.42. The van der Waals surface area contributed by atoms with E-state index in [9.17, 15) is 5.11 Å². The van der Waals surface area contributed by atoms with Crippen molar-refractivity contribution in [1.82, 2.24) is 5.32 Å². The average Bonchev–Trinajstić information content (AvgIpc) is 2.75. The number of hydrogen-bond acceptors (Lipinski definition) is 3. The monoisotopic (exact) mass is 359 g/mol. The summed E-state index contributed by atoms with van der Waals surface area (Å²) < 4.78 is 6.52. The zero-order valence-electron chi connectivity index (χ0n) is 15.6. The quantitative estimate of drug-likeness (QED) is 0.731. The molecule has 0 spiro atoms. The number of ether oxygens (including phenoxy) is 1. The third kappa shape index (κ3) is 3.30. The van der Waals surface area contributed by atoms with Crippen molar-refractivity contribution in [3.63, 3.8) is 0 Å². The van der Waals surface area contributed by atoms with Gasteiger partial charge in [0.05, 0.1) is 12.7 Å². The Morgan fingerprint density at radius 1 is 0.889 bits per heavy atom. The van der Waals surface area contributed by atoms with Crippen LogP contribution in [0.25, 0.3) is 11.1 Å². The molecule has 1 fully saturated rings. The molecule has 0 aliphatic carbocycles. The van der Waals surface area contributed by atoms with Gasteiger partial charge in [0, 0.05) is 13.1 Å². The molecule has 3 aromatic rings. The van der Waals surface area contributed by atoms with Gasteiger partial charge in [-0.15, -0.1) is 0 Å². The van der Waals surface area contributed by atoms with E-state index in [1.165, 1.54) is 0 Å². The Balaban J connectivity index is 1.96. The van der Waals surface area contributed by atoms with E-state index in [0.29, 0.717) is 13.2 Å². The molecule has 3 nitrogen and oxygen atoms in total. The van der Waals surface area contributed by atoms with E-state index in [-0.39, 0.29) is 0 Å². The van der Waals surface area contributed by atoms with E-state index in [4.69, 9.17) is 4.74 Å². The highest BCUT2D eigenvalue weighted by Gasteiger charge is 2.40. The molecule has 1 heterocycles. The molecule has 2 atom stereocenters. The van der Waals surface area contributed by atoms with Crippen molar-refractivity contribution in [2.45, 2.75) is 18.6 Å². The fourth-order valence-electron chi connectivity index (χ4n) is 4.04. The summed E-state index contributed by atoms with van der Waals surface area (Å²) in [6, 6.07) is 26.9. The fourth-order valence-corrected chi connectivity index (χ4v) is 4.04. The summed E-state index contributed by atoms with van der Waals surface area (Å²) in [6.07, 6.45) is -0.563. The Bertz CT molecular complexity index is 899. The number of rotatable bonds is 4. The molecule has 0 bridgehead atoms. The largest absolute Gasteiger partial charge is 0.389 e. The smallest absolute Gasteiger partial charge is 0.131 e. The minimum absolute atomic E-state index is 0.563. The van der Waals surface area contributed by atoms with Crippen LogP contribution in [0.3, 0.4) is 0 Å². The third-order valence-electron chi connectivity index (χ3n) is 5.29. The predicted molar refractivity (Wildman–Crippen MR) is 109 cm³/mol. The van der Waals surface area contributed by atoms with Gasteiger partial charge in [-0.1, -0.05) is 78.9 Å². The summed E-state index contributed by atoms with van der Waals surface area (Å²) in [5, 5.41) is 13.9. The molecule has 4 rings (SSSR count). The molecule has 138 valence electrons. The number of aliphatic hydroxyl groups is 1. The lowest BCUT2D eigenvalue weighted by atomic mass is 9.78. The summed E-state index contributed by atoms with van der Waals surface area (Å²) in [5.41, 5.74) is 4.73. The van der Waals surface area contributed by atoms with E-state index >= 15 is 0 Å². The molecule has 0 aromatic heterocycles. The van der Waals surface area contributed by atoms with Crippen LogP contribution < -0.4 is 5.32 Å². The van der Waals surface area contributed by atoms with E-state index < -0.39 is 11.7 Å². The molecule has 1 saturated heterocycles. The van der Waals surface area contributed by atoms with Gasteiger partial charge in [0.2, 0.25) is 0 Å². The van der Waals surface area contributed by atoms with Crippen LogP contribution in [-0.2, 0) is 10.3 Å². The summed E-state index contributed by atoms with van der Waals surface area (Å²) in [6.45, 7) is 3.93. The van der Waals surface area contributed by atoms with Gasteiger partial charge >= 0.3 is 0 Å². The molecule has 0 radical (unpaired) electrons. The van der Waals surface area contributed by atoms with Crippen LogP contribution in [0, 0.1) is 0 Å². The van der Waals surface area contributed by atoms with E-state index in [0.717, 1.165) is 34.4 Å². The van der Waals surface area contributed by atoms with E-state index in [1.807, 2.05) is 31.2 Å². The zero-order valence-corrected chi connectivity index (χ0v) is 15.6. The molecule has 3 heteroatoms. The number of morpholine rings is 1. The summed E-state index contributed by atoms with van der Waals surface area (Å²) in [4.78, 5) is 0. The minimum atomic E-state index is -0.641. The van der Waals surface area contributed by atoms with E-state index in [2.05, 4.69) is 59.9 Å². The second-order valence-corrected chi connectivity index (χ2v) is 7.03. The van der Waals surface area contributed by atoms with Gasteiger partial charge < -0.3 is 15.2 Å². The minimum Gasteiger partial charge on any atom is -0.389 e. The van der Waals surface area contributed by atoms with Crippen molar-refractivity contribution >= 4 is 0 Å². The van der Waals surface area contributed by atoms with Gasteiger partial charge in [-0.2, -0.15) is 0 Å². The summed E-state index contributed by atoms with van der Waals surface area (Å²) in [7, 11) is 0. The van der Waals surface area contributed by atoms with Crippen molar-refractivity contribution in [3.05, 3.63) is 95.6 Å².